The quantitative estimate of drug-likeness (QED) is 0.698. The summed E-state index contributed by atoms with van der Waals surface area (Å²) in [7, 11) is 3.93. The van der Waals surface area contributed by atoms with Crippen molar-refractivity contribution in [2.75, 3.05) is 14.1 Å². The minimum absolute atomic E-state index is 0.178. The third-order valence-electron chi connectivity index (χ3n) is 2.90. The maximum Gasteiger partial charge on any atom is 0.304 e. The van der Waals surface area contributed by atoms with Crippen molar-refractivity contribution in [3.05, 3.63) is 12.2 Å². The molecule has 0 radical (unpaired) electrons. The van der Waals surface area contributed by atoms with E-state index in [9.17, 15) is 4.79 Å². The van der Waals surface area contributed by atoms with E-state index >= 15 is 0 Å². The number of carboxylic acids is 1. The van der Waals surface area contributed by atoms with Crippen LogP contribution in [0.4, 0.5) is 0 Å². The Bertz CT molecular complexity index is 223. The normalized spacial score (nSPS) is 23.8. The van der Waals surface area contributed by atoms with Gasteiger partial charge in [-0.15, -0.1) is 0 Å². The summed E-state index contributed by atoms with van der Waals surface area (Å²) in [6.07, 6.45) is 7.85. The molecular formula is C11H19NO2. The average molecular weight is 197 g/mol. The highest BCUT2D eigenvalue weighted by molar-refractivity contribution is 5.67. The molecule has 3 heteroatoms. The van der Waals surface area contributed by atoms with Crippen LogP contribution in [-0.2, 0) is 4.79 Å². The molecule has 1 aliphatic carbocycles. The second-order valence-corrected chi connectivity index (χ2v) is 4.17. The Balaban J connectivity index is 2.57. The third-order valence-corrected chi connectivity index (χ3v) is 2.90. The SMILES string of the molecule is CN(C)C(CC(=O)O)C1CC=CCC1. The zero-order valence-electron chi connectivity index (χ0n) is 8.94. The Morgan fingerprint density at radius 3 is 2.71 bits per heavy atom. The number of carbonyl (C=O) groups is 1. The first-order valence-corrected chi connectivity index (χ1v) is 5.14. The van der Waals surface area contributed by atoms with E-state index in [-0.39, 0.29) is 12.5 Å². The van der Waals surface area contributed by atoms with Crippen LogP contribution < -0.4 is 0 Å². The van der Waals surface area contributed by atoms with Gasteiger partial charge < -0.3 is 10.0 Å². The Morgan fingerprint density at radius 1 is 1.57 bits per heavy atom. The first kappa shape index (κ1) is 11.2. The number of aliphatic carboxylic acids is 1. The van der Waals surface area contributed by atoms with Crippen LogP contribution in [-0.4, -0.2) is 36.1 Å². The predicted molar refractivity (Wildman–Crippen MR) is 56.2 cm³/mol. The second kappa shape index (κ2) is 5.15. The number of hydrogen-bond acceptors (Lipinski definition) is 2. The van der Waals surface area contributed by atoms with Crippen molar-refractivity contribution >= 4 is 5.97 Å². The van der Waals surface area contributed by atoms with E-state index in [2.05, 4.69) is 12.2 Å². The zero-order valence-corrected chi connectivity index (χ0v) is 8.94. The first-order chi connectivity index (χ1) is 6.61. The summed E-state index contributed by atoms with van der Waals surface area (Å²) >= 11 is 0. The van der Waals surface area contributed by atoms with E-state index in [0.29, 0.717) is 5.92 Å². The Labute approximate surface area is 85.4 Å². The lowest BCUT2D eigenvalue weighted by atomic mass is 9.85. The van der Waals surface area contributed by atoms with E-state index in [0.717, 1.165) is 19.3 Å². The van der Waals surface area contributed by atoms with Crippen molar-refractivity contribution in [1.82, 2.24) is 4.90 Å². The molecule has 0 fully saturated rings. The summed E-state index contributed by atoms with van der Waals surface area (Å²) in [5.74, 6) is -0.190. The van der Waals surface area contributed by atoms with Gasteiger partial charge in [0.05, 0.1) is 6.42 Å². The van der Waals surface area contributed by atoms with Gasteiger partial charge in [0.25, 0.3) is 0 Å². The fraction of sp³-hybridized carbons (Fsp3) is 0.727. The van der Waals surface area contributed by atoms with E-state index in [1.807, 2.05) is 19.0 Å². The standard InChI is InChI=1S/C11H19NO2/c1-12(2)10(8-11(13)14)9-6-4-3-5-7-9/h3-4,9-10H,5-8H2,1-2H3,(H,13,14). The monoisotopic (exact) mass is 197 g/mol. The maximum absolute atomic E-state index is 10.7. The van der Waals surface area contributed by atoms with Gasteiger partial charge >= 0.3 is 5.97 Å². The summed E-state index contributed by atoms with van der Waals surface area (Å²) in [6.45, 7) is 0. The minimum atomic E-state index is -0.696. The lowest BCUT2D eigenvalue weighted by Gasteiger charge is -2.32. The topological polar surface area (TPSA) is 40.5 Å². The third kappa shape index (κ3) is 3.14. The molecule has 0 amide bonds. The maximum atomic E-state index is 10.7. The smallest absolute Gasteiger partial charge is 0.304 e. The Kier molecular flexibility index (Phi) is 4.14. The number of hydrogen-bond donors (Lipinski definition) is 1. The van der Waals surface area contributed by atoms with Crippen LogP contribution in [0.5, 0.6) is 0 Å². The molecule has 0 saturated heterocycles. The highest BCUT2D eigenvalue weighted by atomic mass is 16.4. The van der Waals surface area contributed by atoms with E-state index < -0.39 is 5.97 Å². The molecule has 0 saturated carbocycles. The highest BCUT2D eigenvalue weighted by Gasteiger charge is 2.25. The molecule has 0 aromatic heterocycles. The van der Waals surface area contributed by atoms with Crippen LogP contribution in [0.25, 0.3) is 0 Å². The lowest BCUT2D eigenvalue weighted by molar-refractivity contribution is -0.138. The fourth-order valence-electron chi connectivity index (χ4n) is 2.12. The minimum Gasteiger partial charge on any atom is -0.481 e. The zero-order chi connectivity index (χ0) is 10.6. The summed E-state index contributed by atoms with van der Waals surface area (Å²) in [4.78, 5) is 12.8. The van der Waals surface area contributed by atoms with Crippen molar-refractivity contribution in [2.45, 2.75) is 31.7 Å². The summed E-state index contributed by atoms with van der Waals surface area (Å²) in [5.41, 5.74) is 0. The van der Waals surface area contributed by atoms with E-state index in [1.165, 1.54) is 0 Å². The van der Waals surface area contributed by atoms with E-state index in [1.54, 1.807) is 0 Å². The van der Waals surface area contributed by atoms with Crippen LogP contribution in [0.1, 0.15) is 25.7 Å². The van der Waals surface area contributed by atoms with Gasteiger partial charge in [0, 0.05) is 6.04 Å². The van der Waals surface area contributed by atoms with Gasteiger partial charge in [0.1, 0.15) is 0 Å². The van der Waals surface area contributed by atoms with Crippen LogP contribution in [0.15, 0.2) is 12.2 Å². The first-order valence-electron chi connectivity index (χ1n) is 5.14. The molecule has 1 aliphatic rings. The molecule has 80 valence electrons. The molecule has 2 unspecified atom stereocenters. The highest BCUT2D eigenvalue weighted by Crippen LogP contribution is 2.25. The number of allylic oxidation sites excluding steroid dienone is 2. The molecule has 0 aromatic rings. The number of carboxylic acid groups (broad SMARTS) is 1. The van der Waals surface area contributed by atoms with Crippen molar-refractivity contribution in [1.29, 1.82) is 0 Å². The van der Waals surface area contributed by atoms with Gasteiger partial charge in [-0.05, 0) is 39.3 Å². The molecule has 0 heterocycles. The van der Waals surface area contributed by atoms with Crippen molar-refractivity contribution in [3.63, 3.8) is 0 Å². The van der Waals surface area contributed by atoms with Crippen molar-refractivity contribution < 1.29 is 9.90 Å². The van der Waals surface area contributed by atoms with Crippen molar-refractivity contribution in [2.24, 2.45) is 5.92 Å². The van der Waals surface area contributed by atoms with Gasteiger partial charge in [-0.2, -0.15) is 0 Å². The lowest BCUT2D eigenvalue weighted by Crippen LogP contribution is -2.37. The number of rotatable bonds is 4. The van der Waals surface area contributed by atoms with Gasteiger partial charge in [-0.25, -0.2) is 0 Å². The van der Waals surface area contributed by atoms with Crippen LogP contribution in [0, 0.1) is 5.92 Å². The second-order valence-electron chi connectivity index (χ2n) is 4.17. The molecule has 3 nitrogen and oxygen atoms in total. The molecular weight excluding hydrogens is 178 g/mol. The van der Waals surface area contributed by atoms with Gasteiger partial charge in [-0.3, -0.25) is 4.79 Å². The fourth-order valence-corrected chi connectivity index (χ4v) is 2.12. The molecule has 0 aliphatic heterocycles. The largest absolute Gasteiger partial charge is 0.481 e. The Morgan fingerprint density at radius 2 is 2.29 bits per heavy atom. The van der Waals surface area contributed by atoms with Gasteiger partial charge in [0.2, 0.25) is 0 Å². The van der Waals surface area contributed by atoms with Gasteiger partial charge in [0.15, 0.2) is 0 Å². The average Bonchev–Trinajstić information content (AvgIpc) is 2.15. The predicted octanol–water partition coefficient (Wildman–Crippen LogP) is 1.75. The van der Waals surface area contributed by atoms with Crippen LogP contribution >= 0.6 is 0 Å². The van der Waals surface area contributed by atoms with E-state index in [4.69, 9.17) is 5.11 Å². The summed E-state index contributed by atoms with van der Waals surface area (Å²) in [5, 5.41) is 8.82. The molecule has 14 heavy (non-hydrogen) atoms. The Hall–Kier alpha value is -0.830. The molecule has 1 N–H and O–H groups in total. The molecule has 2 atom stereocenters. The van der Waals surface area contributed by atoms with Gasteiger partial charge in [-0.1, -0.05) is 12.2 Å². The molecule has 0 spiro atoms. The summed E-state index contributed by atoms with van der Waals surface area (Å²) in [6, 6.07) is 0.178. The molecule has 0 aromatic carbocycles. The van der Waals surface area contributed by atoms with Crippen molar-refractivity contribution in [3.8, 4) is 0 Å². The van der Waals surface area contributed by atoms with Crippen LogP contribution in [0.3, 0.4) is 0 Å². The molecule has 0 bridgehead atoms. The summed E-state index contributed by atoms with van der Waals surface area (Å²) < 4.78 is 0. The number of nitrogens with zero attached hydrogens (tertiary/aromatic N) is 1. The molecule has 1 rings (SSSR count). The van der Waals surface area contributed by atoms with Crippen LogP contribution in [0.2, 0.25) is 0 Å².